The highest BCUT2D eigenvalue weighted by Gasteiger charge is 2.21. The third-order valence-corrected chi connectivity index (χ3v) is 4.45. The van der Waals surface area contributed by atoms with Gasteiger partial charge in [0.15, 0.2) is 5.13 Å². The van der Waals surface area contributed by atoms with Gasteiger partial charge in [0.1, 0.15) is 11.6 Å². The number of amides is 2. The van der Waals surface area contributed by atoms with Crippen LogP contribution >= 0.6 is 22.9 Å². The Bertz CT molecular complexity index is 824. The van der Waals surface area contributed by atoms with Crippen molar-refractivity contribution >= 4 is 45.6 Å². The fourth-order valence-corrected chi connectivity index (χ4v) is 2.93. The molecule has 0 unspecified atom stereocenters. The molecule has 0 bridgehead atoms. The number of aryl methyl sites for hydroxylation is 1. The monoisotopic (exact) mass is 382 g/mol. The molecule has 0 atom stereocenters. The van der Waals surface area contributed by atoms with E-state index in [-0.39, 0.29) is 29.4 Å². The lowest BCUT2D eigenvalue weighted by molar-refractivity contribution is -0.384. The maximum atomic E-state index is 12.5. The number of carbonyl (C=O) groups excluding carboxylic acids is 2. The van der Waals surface area contributed by atoms with Gasteiger partial charge in [-0.2, -0.15) is 0 Å². The lowest BCUT2D eigenvalue weighted by Crippen LogP contribution is -2.37. The van der Waals surface area contributed by atoms with E-state index in [2.05, 4.69) is 10.3 Å². The minimum absolute atomic E-state index is 0.0542. The molecule has 8 nitrogen and oxygen atoms in total. The summed E-state index contributed by atoms with van der Waals surface area (Å²) in [4.78, 5) is 40.3. The van der Waals surface area contributed by atoms with Crippen molar-refractivity contribution in [3.05, 3.63) is 50.0 Å². The maximum Gasteiger partial charge on any atom is 0.288 e. The average molecular weight is 383 g/mol. The molecule has 0 aliphatic heterocycles. The summed E-state index contributed by atoms with van der Waals surface area (Å²) in [5, 5.41) is 15.8. The van der Waals surface area contributed by atoms with Gasteiger partial charge in [0, 0.05) is 23.6 Å². The molecular weight excluding hydrogens is 368 g/mol. The molecule has 0 saturated heterocycles. The molecule has 0 spiro atoms. The van der Waals surface area contributed by atoms with Crippen molar-refractivity contribution < 1.29 is 14.5 Å². The van der Waals surface area contributed by atoms with Gasteiger partial charge in [0.2, 0.25) is 5.91 Å². The van der Waals surface area contributed by atoms with E-state index in [1.165, 1.54) is 28.4 Å². The Balaban J connectivity index is 2.11. The normalized spacial score (nSPS) is 10.4. The van der Waals surface area contributed by atoms with Crippen molar-refractivity contribution in [2.24, 2.45) is 0 Å². The number of nitro groups is 1. The van der Waals surface area contributed by atoms with Crippen molar-refractivity contribution in [1.82, 2.24) is 9.88 Å². The zero-order valence-corrected chi connectivity index (χ0v) is 15.1. The van der Waals surface area contributed by atoms with Gasteiger partial charge in [-0.05, 0) is 26.0 Å². The molecule has 10 heteroatoms. The summed E-state index contributed by atoms with van der Waals surface area (Å²) in [6.45, 7) is 3.59. The van der Waals surface area contributed by atoms with Crippen LogP contribution in [0.1, 0.15) is 23.0 Å². The highest BCUT2D eigenvalue weighted by Crippen LogP contribution is 2.25. The molecule has 1 N–H and O–H groups in total. The number of nitrogens with zero attached hydrogens (tertiary/aromatic N) is 3. The fraction of sp³-hybridized carbons (Fsp3) is 0.267. The molecule has 2 rings (SSSR count). The van der Waals surface area contributed by atoms with Gasteiger partial charge < -0.3 is 10.2 Å². The third-order valence-electron chi connectivity index (χ3n) is 3.26. The van der Waals surface area contributed by atoms with Crippen molar-refractivity contribution in [3.8, 4) is 0 Å². The number of anilines is 1. The fourth-order valence-electron chi connectivity index (χ4n) is 2.04. The quantitative estimate of drug-likeness (QED) is 0.610. The summed E-state index contributed by atoms with van der Waals surface area (Å²) >= 11 is 7.04. The lowest BCUT2D eigenvalue weighted by atomic mass is 10.1. The van der Waals surface area contributed by atoms with Crippen LogP contribution in [0.2, 0.25) is 5.02 Å². The number of nitro benzene ring substituents is 1. The van der Waals surface area contributed by atoms with Crippen LogP contribution in [-0.2, 0) is 4.79 Å². The summed E-state index contributed by atoms with van der Waals surface area (Å²) in [6, 6.07) is 3.79. The van der Waals surface area contributed by atoms with Gasteiger partial charge in [-0.15, -0.1) is 11.3 Å². The van der Waals surface area contributed by atoms with Crippen molar-refractivity contribution in [3.63, 3.8) is 0 Å². The molecule has 0 aliphatic carbocycles. The van der Waals surface area contributed by atoms with Gasteiger partial charge in [-0.1, -0.05) is 11.6 Å². The van der Waals surface area contributed by atoms with E-state index in [1.54, 1.807) is 12.3 Å². The molecule has 2 amide bonds. The number of thiazole rings is 1. The van der Waals surface area contributed by atoms with Crippen LogP contribution in [-0.4, -0.2) is 39.7 Å². The molecule has 2 aromatic rings. The first-order valence-electron chi connectivity index (χ1n) is 7.27. The molecule has 0 radical (unpaired) electrons. The molecule has 0 aliphatic rings. The summed E-state index contributed by atoms with van der Waals surface area (Å²) in [7, 11) is 0. The van der Waals surface area contributed by atoms with Crippen LogP contribution in [0, 0.1) is 17.0 Å². The predicted molar refractivity (Wildman–Crippen MR) is 95.2 cm³/mol. The molecule has 0 fully saturated rings. The number of rotatable bonds is 6. The number of hydrogen-bond acceptors (Lipinski definition) is 6. The van der Waals surface area contributed by atoms with Crippen LogP contribution in [0.3, 0.4) is 0 Å². The Morgan fingerprint density at radius 1 is 1.44 bits per heavy atom. The largest absolute Gasteiger partial charge is 0.330 e. The van der Waals surface area contributed by atoms with Crippen LogP contribution in [0.5, 0.6) is 0 Å². The zero-order chi connectivity index (χ0) is 18.6. The molecular formula is C15H15ClN4O4S. The number of aromatic nitrogens is 1. The Morgan fingerprint density at radius 2 is 2.16 bits per heavy atom. The number of halogens is 1. The van der Waals surface area contributed by atoms with Gasteiger partial charge in [0.05, 0.1) is 10.6 Å². The van der Waals surface area contributed by atoms with E-state index in [0.29, 0.717) is 5.13 Å². The number of nitrogens with one attached hydrogen (secondary N) is 1. The summed E-state index contributed by atoms with van der Waals surface area (Å²) < 4.78 is 0. The SMILES string of the molecule is CCN(CC(=O)Nc1nc(C)cs1)C(=O)c1ccc(Cl)c([N+](=O)[O-])c1. The average Bonchev–Trinajstić information content (AvgIpc) is 2.97. The van der Waals surface area contributed by atoms with E-state index >= 15 is 0 Å². The van der Waals surface area contributed by atoms with Crippen molar-refractivity contribution in [2.45, 2.75) is 13.8 Å². The molecule has 1 heterocycles. The summed E-state index contributed by atoms with van der Waals surface area (Å²) in [5.41, 5.74) is 0.527. The van der Waals surface area contributed by atoms with Gasteiger partial charge in [0.25, 0.3) is 11.6 Å². The number of hydrogen-bond donors (Lipinski definition) is 1. The Labute approximate surface area is 152 Å². The third kappa shape index (κ3) is 4.74. The van der Waals surface area contributed by atoms with E-state index in [0.717, 1.165) is 11.8 Å². The van der Waals surface area contributed by atoms with Crippen LogP contribution in [0.15, 0.2) is 23.6 Å². The smallest absolute Gasteiger partial charge is 0.288 e. The molecule has 1 aromatic carbocycles. The summed E-state index contributed by atoms with van der Waals surface area (Å²) in [6.07, 6.45) is 0. The van der Waals surface area contributed by atoms with E-state index in [1.807, 2.05) is 6.92 Å². The Kier molecular flexibility index (Phi) is 6.05. The first-order valence-corrected chi connectivity index (χ1v) is 8.52. The van der Waals surface area contributed by atoms with E-state index in [9.17, 15) is 19.7 Å². The number of benzene rings is 1. The van der Waals surface area contributed by atoms with Crippen LogP contribution in [0.25, 0.3) is 0 Å². The second-order valence-corrected chi connectivity index (χ2v) is 6.35. The molecule has 0 saturated carbocycles. The number of carbonyl (C=O) groups is 2. The maximum absolute atomic E-state index is 12.5. The second-order valence-electron chi connectivity index (χ2n) is 5.08. The van der Waals surface area contributed by atoms with Crippen molar-refractivity contribution in [2.75, 3.05) is 18.4 Å². The van der Waals surface area contributed by atoms with Gasteiger partial charge >= 0.3 is 0 Å². The highest BCUT2D eigenvalue weighted by atomic mass is 35.5. The second kappa shape index (κ2) is 8.04. The minimum atomic E-state index is -0.660. The predicted octanol–water partition coefficient (Wildman–Crippen LogP) is 3.11. The molecule has 1 aromatic heterocycles. The van der Waals surface area contributed by atoms with Gasteiger partial charge in [-0.25, -0.2) is 4.98 Å². The molecule has 25 heavy (non-hydrogen) atoms. The zero-order valence-electron chi connectivity index (χ0n) is 13.5. The van der Waals surface area contributed by atoms with E-state index < -0.39 is 16.7 Å². The molecule has 132 valence electrons. The Morgan fingerprint density at radius 3 is 2.72 bits per heavy atom. The first-order chi connectivity index (χ1) is 11.8. The standard InChI is InChI=1S/C15H15ClN4O4S/c1-3-19(7-13(21)18-15-17-9(2)8-25-15)14(22)10-4-5-11(16)12(6-10)20(23)24/h4-6,8H,3,7H2,1-2H3,(H,17,18,21). The van der Waals surface area contributed by atoms with Crippen molar-refractivity contribution in [1.29, 1.82) is 0 Å². The summed E-state index contributed by atoms with van der Waals surface area (Å²) in [5.74, 6) is -0.888. The highest BCUT2D eigenvalue weighted by molar-refractivity contribution is 7.13. The lowest BCUT2D eigenvalue weighted by Gasteiger charge is -2.20. The van der Waals surface area contributed by atoms with Gasteiger partial charge in [-0.3, -0.25) is 19.7 Å². The minimum Gasteiger partial charge on any atom is -0.330 e. The first kappa shape index (κ1) is 18.8. The number of likely N-dealkylation sites (N-methyl/N-ethyl adjacent to an activating group) is 1. The van der Waals surface area contributed by atoms with Crippen LogP contribution < -0.4 is 5.32 Å². The topological polar surface area (TPSA) is 105 Å². The Hall–Kier alpha value is -2.52. The van der Waals surface area contributed by atoms with E-state index in [4.69, 9.17) is 11.6 Å². The van der Waals surface area contributed by atoms with Crippen LogP contribution in [0.4, 0.5) is 10.8 Å².